The van der Waals surface area contributed by atoms with Gasteiger partial charge in [-0.3, -0.25) is 0 Å². The molecular weight excluding hydrogens is 218 g/mol. The number of anilines is 1. The van der Waals surface area contributed by atoms with E-state index in [9.17, 15) is 17.6 Å². The highest BCUT2D eigenvalue weighted by Crippen LogP contribution is 2.27. The van der Waals surface area contributed by atoms with Gasteiger partial charge in [-0.05, 0) is 6.07 Å². The first-order valence-corrected chi connectivity index (χ1v) is 3.45. The molecule has 0 atom stereocenters. The molecule has 2 N–H and O–H groups in total. The molecule has 0 amide bonds. The Kier molecular flexibility index (Phi) is 2.65. The molecule has 1 aromatic heterocycles. The highest BCUT2D eigenvalue weighted by Gasteiger charge is 2.33. The maximum atomic E-state index is 12.8. The topological polar surface area (TPSA) is 71.9 Å². The Hall–Kier alpha value is -2.04. The van der Waals surface area contributed by atoms with Crippen molar-refractivity contribution in [1.82, 2.24) is 4.98 Å². The van der Waals surface area contributed by atoms with Crippen molar-refractivity contribution in [3.8, 4) is 11.9 Å². The minimum absolute atomic E-state index is 0.554. The lowest BCUT2D eigenvalue weighted by molar-refractivity contribution is -0.276. The van der Waals surface area contributed by atoms with Crippen molar-refractivity contribution in [2.45, 2.75) is 6.36 Å². The fraction of sp³-hybridized carbons (Fsp3) is 0.143. The molecule has 0 radical (unpaired) electrons. The second kappa shape index (κ2) is 3.61. The highest BCUT2D eigenvalue weighted by atomic mass is 19.4. The van der Waals surface area contributed by atoms with Gasteiger partial charge < -0.3 is 10.5 Å². The predicted molar refractivity (Wildman–Crippen MR) is 40.0 cm³/mol. The third-order valence-electron chi connectivity index (χ3n) is 1.30. The fourth-order valence-corrected chi connectivity index (χ4v) is 0.760. The summed E-state index contributed by atoms with van der Waals surface area (Å²) in [7, 11) is 0. The van der Waals surface area contributed by atoms with Crippen molar-refractivity contribution in [1.29, 1.82) is 5.26 Å². The maximum Gasteiger partial charge on any atom is 0.574 e. The highest BCUT2D eigenvalue weighted by molar-refractivity contribution is 5.52. The number of alkyl halides is 3. The molecule has 0 fully saturated rings. The van der Waals surface area contributed by atoms with Crippen LogP contribution in [-0.4, -0.2) is 11.3 Å². The number of rotatable bonds is 1. The average Bonchev–Trinajstić information content (AvgIpc) is 2.08. The third kappa shape index (κ3) is 2.70. The summed E-state index contributed by atoms with van der Waals surface area (Å²) in [6.07, 6.45) is -5.01. The molecule has 0 aliphatic heterocycles. The summed E-state index contributed by atoms with van der Waals surface area (Å²) in [4.78, 5) is 2.77. The smallest absolute Gasteiger partial charge is 0.394 e. The molecule has 0 saturated heterocycles. The molecule has 0 aromatic carbocycles. The van der Waals surface area contributed by atoms with E-state index in [1.807, 2.05) is 0 Å². The molecular formula is C7H3F4N3O. The number of nitrogens with two attached hydrogens (primary N) is 1. The number of ether oxygens (including phenoxy) is 1. The Morgan fingerprint density at radius 1 is 1.47 bits per heavy atom. The van der Waals surface area contributed by atoms with Gasteiger partial charge >= 0.3 is 6.36 Å². The van der Waals surface area contributed by atoms with E-state index in [0.29, 0.717) is 6.07 Å². The van der Waals surface area contributed by atoms with Gasteiger partial charge in [0, 0.05) is 0 Å². The zero-order valence-corrected chi connectivity index (χ0v) is 6.97. The molecule has 80 valence electrons. The molecule has 0 aliphatic rings. The zero-order chi connectivity index (χ0) is 11.6. The van der Waals surface area contributed by atoms with Crippen LogP contribution in [0.5, 0.6) is 5.88 Å². The molecule has 8 heteroatoms. The molecule has 0 aliphatic carbocycles. The van der Waals surface area contributed by atoms with Crippen LogP contribution in [0, 0.1) is 17.3 Å². The van der Waals surface area contributed by atoms with Gasteiger partial charge in [-0.25, -0.2) is 0 Å². The lowest BCUT2D eigenvalue weighted by Gasteiger charge is -2.09. The summed E-state index contributed by atoms with van der Waals surface area (Å²) in [6.45, 7) is 0. The van der Waals surface area contributed by atoms with E-state index in [0.717, 1.165) is 0 Å². The normalized spacial score (nSPS) is 10.9. The van der Waals surface area contributed by atoms with Crippen LogP contribution in [0.2, 0.25) is 0 Å². The molecule has 0 bridgehead atoms. The Morgan fingerprint density at radius 2 is 2.07 bits per heavy atom. The van der Waals surface area contributed by atoms with Crippen LogP contribution in [-0.2, 0) is 0 Å². The number of halogens is 4. The van der Waals surface area contributed by atoms with Crippen molar-refractivity contribution < 1.29 is 22.3 Å². The summed E-state index contributed by atoms with van der Waals surface area (Å²) in [6, 6.07) is 2.08. The number of pyridine rings is 1. The van der Waals surface area contributed by atoms with Crippen molar-refractivity contribution in [2.75, 3.05) is 5.73 Å². The van der Waals surface area contributed by atoms with Gasteiger partial charge in [-0.1, -0.05) is 0 Å². The first-order chi connectivity index (χ1) is 6.83. The Balaban J connectivity index is 3.13. The van der Waals surface area contributed by atoms with Crippen LogP contribution < -0.4 is 10.5 Å². The van der Waals surface area contributed by atoms with E-state index < -0.39 is 29.4 Å². The second-order valence-corrected chi connectivity index (χ2v) is 2.38. The lowest BCUT2D eigenvalue weighted by Crippen LogP contribution is -2.19. The van der Waals surface area contributed by atoms with E-state index in [-0.39, 0.29) is 0 Å². The number of aromatic nitrogens is 1. The van der Waals surface area contributed by atoms with Crippen molar-refractivity contribution in [3.05, 3.63) is 17.6 Å². The van der Waals surface area contributed by atoms with Crippen molar-refractivity contribution in [3.63, 3.8) is 0 Å². The second-order valence-electron chi connectivity index (χ2n) is 2.38. The summed E-state index contributed by atoms with van der Waals surface area (Å²) < 4.78 is 51.3. The Morgan fingerprint density at radius 3 is 2.53 bits per heavy atom. The average molecular weight is 221 g/mol. The van der Waals surface area contributed by atoms with Gasteiger partial charge in [0.25, 0.3) is 0 Å². The van der Waals surface area contributed by atoms with E-state index in [1.54, 1.807) is 0 Å². The molecule has 1 rings (SSSR count). The molecule has 0 saturated carbocycles. The fourth-order valence-electron chi connectivity index (χ4n) is 0.760. The summed E-state index contributed by atoms with van der Waals surface area (Å²) in [5, 5.41) is 8.32. The minimum Gasteiger partial charge on any atom is -0.394 e. The van der Waals surface area contributed by atoms with Gasteiger partial charge in [-0.2, -0.15) is 14.6 Å². The largest absolute Gasteiger partial charge is 0.574 e. The minimum atomic E-state index is -5.01. The predicted octanol–water partition coefficient (Wildman–Crippen LogP) is 1.57. The molecule has 1 aromatic rings. The number of nitrogen functional groups attached to an aromatic ring is 1. The molecule has 4 nitrogen and oxygen atoms in total. The Labute approximate surface area is 80.9 Å². The van der Waals surface area contributed by atoms with Crippen LogP contribution in [0.3, 0.4) is 0 Å². The third-order valence-corrected chi connectivity index (χ3v) is 1.30. The van der Waals surface area contributed by atoms with Gasteiger partial charge in [0.15, 0.2) is 0 Å². The van der Waals surface area contributed by atoms with Crippen molar-refractivity contribution >= 4 is 5.69 Å². The van der Waals surface area contributed by atoms with Crippen molar-refractivity contribution in [2.24, 2.45) is 0 Å². The van der Waals surface area contributed by atoms with Crippen LogP contribution in [0.25, 0.3) is 0 Å². The van der Waals surface area contributed by atoms with Crippen LogP contribution in [0.1, 0.15) is 5.56 Å². The summed E-state index contributed by atoms with van der Waals surface area (Å²) in [5.74, 6) is -2.48. The summed E-state index contributed by atoms with van der Waals surface area (Å²) >= 11 is 0. The van der Waals surface area contributed by atoms with Crippen LogP contribution >= 0.6 is 0 Å². The number of hydrogen-bond acceptors (Lipinski definition) is 4. The van der Waals surface area contributed by atoms with Gasteiger partial charge in [0.2, 0.25) is 11.8 Å². The molecule has 0 spiro atoms. The van der Waals surface area contributed by atoms with E-state index in [4.69, 9.17) is 11.0 Å². The van der Waals surface area contributed by atoms with Gasteiger partial charge in [-0.15, -0.1) is 13.2 Å². The first kappa shape index (κ1) is 11.0. The quantitative estimate of drug-likeness (QED) is 0.577. The van der Waals surface area contributed by atoms with E-state index in [1.165, 1.54) is 6.07 Å². The zero-order valence-electron chi connectivity index (χ0n) is 6.97. The molecule has 1 heterocycles. The monoisotopic (exact) mass is 221 g/mol. The lowest BCUT2D eigenvalue weighted by atomic mass is 10.3. The molecule has 15 heavy (non-hydrogen) atoms. The van der Waals surface area contributed by atoms with E-state index in [2.05, 4.69) is 9.72 Å². The first-order valence-electron chi connectivity index (χ1n) is 3.45. The van der Waals surface area contributed by atoms with Crippen LogP contribution in [0.15, 0.2) is 6.07 Å². The number of nitrogens with zero attached hydrogens (tertiary/aromatic N) is 2. The van der Waals surface area contributed by atoms with Crippen LogP contribution in [0.4, 0.5) is 23.2 Å². The maximum absolute atomic E-state index is 12.8. The summed E-state index contributed by atoms with van der Waals surface area (Å²) in [5.41, 5.74) is 3.95. The molecule has 0 unspecified atom stereocenters. The number of hydrogen-bond donors (Lipinski definition) is 1. The van der Waals surface area contributed by atoms with Gasteiger partial charge in [0.1, 0.15) is 11.6 Å². The standard InChI is InChI=1S/C7H3F4N3O/c8-5-3(2-12)1-4(13)6(14-5)15-7(9,10)11/h1H,13H2. The van der Waals surface area contributed by atoms with Gasteiger partial charge in [0.05, 0.1) is 5.69 Å². The van der Waals surface area contributed by atoms with E-state index >= 15 is 0 Å². The Bertz CT molecular complexity index is 423. The number of nitriles is 1. The SMILES string of the molecule is N#Cc1cc(N)c(OC(F)(F)F)nc1F.